The van der Waals surface area contributed by atoms with Gasteiger partial charge in [0.2, 0.25) is 0 Å². The fourth-order valence-corrected chi connectivity index (χ4v) is 4.16. The normalized spacial score (nSPS) is 11.5. The van der Waals surface area contributed by atoms with Crippen molar-refractivity contribution >= 4 is 28.7 Å². The van der Waals surface area contributed by atoms with Crippen LogP contribution in [-0.4, -0.2) is 43.1 Å². The van der Waals surface area contributed by atoms with Crippen LogP contribution in [0.15, 0.2) is 89.1 Å². The lowest BCUT2D eigenvalue weighted by Crippen LogP contribution is -2.51. The predicted molar refractivity (Wildman–Crippen MR) is 146 cm³/mol. The molecular weight excluding hydrogens is 434 g/mol. The van der Waals surface area contributed by atoms with Crippen LogP contribution in [0.4, 0.5) is 22.7 Å². The molecule has 1 N–H and O–H groups in total. The van der Waals surface area contributed by atoms with Crippen molar-refractivity contribution in [1.29, 1.82) is 0 Å². The van der Waals surface area contributed by atoms with Crippen LogP contribution in [0.2, 0.25) is 0 Å². The first-order valence-corrected chi connectivity index (χ1v) is 12.6. The number of benzene rings is 3. The molecule has 3 rings (SSSR count). The van der Waals surface area contributed by atoms with Gasteiger partial charge in [0.25, 0.3) is 5.91 Å². The van der Waals surface area contributed by atoms with Crippen molar-refractivity contribution in [2.24, 2.45) is 10.2 Å². The second-order valence-electron chi connectivity index (χ2n) is 8.76. The fraction of sp³-hybridized carbons (Fsp3) is 0.345. The van der Waals surface area contributed by atoms with E-state index in [0.717, 1.165) is 60.0 Å². The van der Waals surface area contributed by atoms with E-state index in [1.807, 2.05) is 42.5 Å². The van der Waals surface area contributed by atoms with E-state index in [9.17, 15) is 4.79 Å². The average Bonchev–Trinajstić information content (AvgIpc) is 2.91. The van der Waals surface area contributed by atoms with E-state index in [4.69, 9.17) is 0 Å². The molecule has 3 aromatic carbocycles. The maximum Gasteiger partial charge on any atom is 0.279 e. The molecule has 0 saturated heterocycles. The molecule has 0 aliphatic heterocycles. The number of likely N-dealkylation sites (N-methyl/N-ethyl adjacent to an activating group) is 1. The average molecular weight is 473 g/mol. The van der Waals surface area contributed by atoms with E-state index in [2.05, 4.69) is 84.5 Å². The molecule has 0 aromatic heterocycles. The molecule has 35 heavy (non-hydrogen) atoms. The van der Waals surface area contributed by atoms with Gasteiger partial charge in [-0.25, -0.2) is 0 Å². The van der Waals surface area contributed by atoms with E-state index in [-0.39, 0.29) is 5.91 Å². The minimum Gasteiger partial charge on any atom is -0.367 e. The molecule has 6 nitrogen and oxygen atoms in total. The lowest BCUT2D eigenvalue weighted by Gasteiger charge is -2.34. The molecule has 3 aromatic rings. The second-order valence-corrected chi connectivity index (χ2v) is 8.76. The summed E-state index contributed by atoms with van der Waals surface area (Å²) in [5.41, 5.74) is 4.77. The van der Waals surface area contributed by atoms with Gasteiger partial charge >= 0.3 is 0 Å². The maximum absolute atomic E-state index is 12.5. The van der Waals surface area contributed by atoms with Gasteiger partial charge in [0.1, 0.15) is 0 Å². The van der Waals surface area contributed by atoms with Crippen molar-refractivity contribution in [2.45, 2.75) is 34.2 Å². The Labute approximate surface area is 209 Å². The van der Waals surface area contributed by atoms with Crippen LogP contribution in [0, 0.1) is 0 Å². The SMILES string of the molecule is CCN(Cc1ccccc1)c1ccc(/N=N/c2ccc(NC(=O)C[N+](CC)(CC)CC)cc2)cc1. The molecule has 1 amide bonds. The van der Waals surface area contributed by atoms with Crippen LogP contribution in [-0.2, 0) is 11.3 Å². The highest BCUT2D eigenvalue weighted by Gasteiger charge is 2.24. The van der Waals surface area contributed by atoms with Gasteiger partial charge in [-0.05, 0) is 81.8 Å². The summed E-state index contributed by atoms with van der Waals surface area (Å²) in [5.74, 6) is 0.0402. The Morgan fingerprint density at radius 1 is 0.771 bits per heavy atom. The fourth-order valence-electron chi connectivity index (χ4n) is 4.16. The highest BCUT2D eigenvalue weighted by Crippen LogP contribution is 2.24. The van der Waals surface area contributed by atoms with Crippen molar-refractivity contribution < 1.29 is 9.28 Å². The summed E-state index contributed by atoms with van der Waals surface area (Å²) in [5, 5.41) is 11.7. The minimum absolute atomic E-state index is 0.0402. The van der Waals surface area contributed by atoms with E-state index >= 15 is 0 Å². The van der Waals surface area contributed by atoms with Crippen LogP contribution in [0.5, 0.6) is 0 Å². The molecule has 0 spiro atoms. The Hall–Kier alpha value is -3.51. The van der Waals surface area contributed by atoms with Crippen molar-refractivity contribution in [3.05, 3.63) is 84.4 Å². The quantitative estimate of drug-likeness (QED) is 0.229. The number of rotatable bonds is 12. The van der Waals surface area contributed by atoms with Gasteiger partial charge in [0.05, 0.1) is 31.0 Å². The third-order valence-corrected chi connectivity index (χ3v) is 6.74. The number of nitrogens with one attached hydrogen (secondary N) is 1. The van der Waals surface area contributed by atoms with Crippen LogP contribution in [0.25, 0.3) is 0 Å². The zero-order valence-electron chi connectivity index (χ0n) is 21.4. The van der Waals surface area contributed by atoms with Gasteiger partial charge in [0, 0.05) is 24.5 Å². The standard InChI is InChI=1S/C29H37N5O/c1-5-33(22-24-12-10-9-11-13-24)28-20-18-27(19-21-28)32-31-26-16-14-25(15-17-26)30-29(35)23-34(6-2,7-3)8-4/h9-21H,5-8,22-23H2,1-4H3/p+1. The molecule has 0 heterocycles. The number of azo groups is 1. The van der Waals surface area contributed by atoms with E-state index in [1.54, 1.807) is 0 Å². The molecule has 0 aliphatic carbocycles. The van der Waals surface area contributed by atoms with Gasteiger partial charge in [0.15, 0.2) is 6.54 Å². The first kappa shape index (κ1) is 26.1. The first-order chi connectivity index (χ1) is 17.0. The highest BCUT2D eigenvalue weighted by molar-refractivity contribution is 5.91. The number of hydrogen-bond acceptors (Lipinski definition) is 4. The number of anilines is 2. The number of hydrogen-bond donors (Lipinski definition) is 1. The molecule has 0 radical (unpaired) electrons. The summed E-state index contributed by atoms with van der Waals surface area (Å²) in [7, 11) is 0. The number of amides is 1. The van der Waals surface area contributed by atoms with E-state index < -0.39 is 0 Å². The smallest absolute Gasteiger partial charge is 0.279 e. The van der Waals surface area contributed by atoms with Crippen molar-refractivity contribution in [2.75, 3.05) is 42.9 Å². The van der Waals surface area contributed by atoms with E-state index in [0.29, 0.717) is 6.54 Å². The van der Waals surface area contributed by atoms with Crippen LogP contribution in [0.1, 0.15) is 33.3 Å². The molecule has 0 atom stereocenters. The molecule has 0 fully saturated rings. The van der Waals surface area contributed by atoms with Crippen LogP contribution in [0.3, 0.4) is 0 Å². The summed E-state index contributed by atoms with van der Waals surface area (Å²) in [6.45, 7) is 13.7. The largest absolute Gasteiger partial charge is 0.367 e. The Morgan fingerprint density at radius 3 is 1.83 bits per heavy atom. The van der Waals surface area contributed by atoms with Gasteiger partial charge < -0.3 is 14.7 Å². The summed E-state index contributed by atoms with van der Waals surface area (Å²) >= 11 is 0. The van der Waals surface area contributed by atoms with Gasteiger partial charge in [-0.15, -0.1) is 0 Å². The zero-order chi connectivity index (χ0) is 25.1. The Balaban J connectivity index is 1.57. The highest BCUT2D eigenvalue weighted by atomic mass is 16.2. The second kappa shape index (κ2) is 12.8. The summed E-state index contributed by atoms with van der Waals surface area (Å²) in [6, 6.07) is 26.1. The summed E-state index contributed by atoms with van der Waals surface area (Å²) in [4.78, 5) is 14.9. The van der Waals surface area contributed by atoms with Crippen molar-refractivity contribution in [3.63, 3.8) is 0 Å². The summed E-state index contributed by atoms with van der Waals surface area (Å²) in [6.07, 6.45) is 0. The molecule has 0 saturated carbocycles. The monoisotopic (exact) mass is 472 g/mol. The number of carbonyl (C=O) groups is 1. The molecule has 0 unspecified atom stereocenters. The summed E-state index contributed by atoms with van der Waals surface area (Å²) < 4.78 is 0.791. The topological polar surface area (TPSA) is 57.1 Å². The Morgan fingerprint density at radius 2 is 1.31 bits per heavy atom. The molecule has 184 valence electrons. The van der Waals surface area contributed by atoms with Crippen molar-refractivity contribution in [1.82, 2.24) is 0 Å². The number of nitrogens with zero attached hydrogens (tertiary/aromatic N) is 4. The van der Waals surface area contributed by atoms with Gasteiger partial charge in [-0.2, -0.15) is 10.2 Å². The van der Waals surface area contributed by atoms with Crippen LogP contribution < -0.4 is 10.2 Å². The predicted octanol–water partition coefficient (Wildman–Crippen LogP) is 6.94. The number of quaternary nitrogens is 1. The lowest BCUT2D eigenvalue weighted by molar-refractivity contribution is -0.915. The minimum atomic E-state index is 0.0402. The van der Waals surface area contributed by atoms with Gasteiger partial charge in [-0.3, -0.25) is 4.79 Å². The Kier molecular flexibility index (Phi) is 9.56. The maximum atomic E-state index is 12.5. The molecular formula is C29H38N5O+. The molecule has 0 bridgehead atoms. The molecule has 6 heteroatoms. The van der Waals surface area contributed by atoms with Gasteiger partial charge in [-0.1, -0.05) is 30.3 Å². The van der Waals surface area contributed by atoms with Crippen molar-refractivity contribution in [3.8, 4) is 0 Å². The lowest BCUT2D eigenvalue weighted by atomic mass is 10.2. The zero-order valence-corrected chi connectivity index (χ0v) is 21.4. The molecule has 0 aliphatic rings. The van der Waals surface area contributed by atoms with Crippen LogP contribution >= 0.6 is 0 Å². The number of carbonyl (C=O) groups excluding carboxylic acids is 1. The first-order valence-electron chi connectivity index (χ1n) is 12.6. The van der Waals surface area contributed by atoms with E-state index in [1.165, 1.54) is 5.56 Å². The Bertz CT molecular complexity index is 1070. The third kappa shape index (κ3) is 7.49. The third-order valence-electron chi connectivity index (χ3n) is 6.74.